The molecule has 6 atom stereocenters. The molecule has 0 saturated heterocycles. The minimum atomic E-state index is -4.96. The molecule has 0 bridgehead atoms. The first-order chi connectivity index (χ1) is 49.3. The summed E-state index contributed by atoms with van der Waals surface area (Å²) in [5.74, 6) is 0.279. The molecule has 0 rings (SSSR count). The van der Waals surface area contributed by atoms with E-state index >= 15 is 0 Å². The summed E-state index contributed by atoms with van der Waals surface area (Å²) in [7, 11) is -9.92. The van der Waals surface area contributed by atoms with Crippen LogP contribution in [-0.4, -0.2) is 96.7 Å². The maximum Gasteiger partial charge on any atom is 0.472 e. The highest BCUT2D eigenvalue weighted by Gasteiger charge is 2.30. The van der Waals surface area contributed by atoms with Gasteiger partial charge in [-0.05, 0) is 43.4 Å². The van der Waals surface area contributed by atoms with Gasteiger partial charge in [0.1, 0.15) is 19.3 Å². The lowest BCUT2D eigenvalue weighted by molar-refractivity contribution is -0.161. The molecular formula is C83H162O17P2. The second kappa shape index (κ2) is 73.2. The van der Waals surface area contributed by atoms with Gasteiger partial charge < -0.3 is 33.8 Å². The Labute approximate surface area is 626 Å². The van der Waals surface area contributed by atoms with Crippen molar-refractivity contribution in [2.45, 2.75) is 452 Å². The molecule has 0 heterocycles. The summed E-state index contributed by atoms with van der Waals surface area (Å²) in [5, 5.41) is 10.6. The van der Waals surface area contributed by atoms with E-state index in [0.717, 1.165) is 108 Å². The minimum Gasteiger partial charge on any atom is -0.462 e. The van der Waals surface area contributed by atoms with Gasteiger partial charge >= 0.3 is 39.5 Å². The molecule has 606 valence electrons. The van der Waals surface area contributed by atoms with Crippen LogP contribution in [0.1, 0.15) is 434 Å². The van der Waals surface area contributed by atoms with E-state index in [0.29, 0.717) is 31.6 Å². The lowest BCUT2D eigenvalue weighted by Crippen LogP contribution is -2.30. The van der Waals surface area contributed by atoms with Crippen molar-refractivity contribution in [3.8, 4) is 0 Å². The number of phosphoric ester groups is 2. The van der Waals surface area contributed by atoms with Crippen LogP contribution in [0.5, 0.6) is 0 Å². The van der Waals surface area contributed by atoms with E-state index in [2.05, 4.69) is 48.5 Å². The highest BCUT2D eigenvalue weighted by atomic mass is 31.2. The van der Waals surface area contributed by atoms with Gasteiger partial charge in [0.25, 0.3) is 0 Å². The van der Waals surface area contributed by atoms with Gasteiger partial charge in [-0.3, -0.25) is 37.3 Å². The Hall–Kier alpha value is -1.94. The average molecular weight is 1490 g/mol. The molecule has 19 heteroatoms. The summed E-state index contributed by atoms with van der Waals surface area (Å²) in [6.07, 6.45) is 62.6. The second-order valence-corrected chi connectivity index (χ2v) is 34.0. The molecule has 0 saturated carbocycles. The van der Waals surface area contributed by atoms with Gasteiger partial charge in [-0.2, -0.15) is 0 Å². The standard InChI is InChI=1S/C83H162O17P2/c1-8-10-11-12-13-14-29-37-44-52-59-66-82(87)100-79(71-94-81(86)65-58-51-46-39-41-48-55-62-75(5)6)73-98-102(91,92)96-69-77(84)68-95-101(89,90)97-72-78(70-93-80(85)64-57-50-43-36-32-27-23-20-19-21-25-30-34-40-47-54-61-74(3)4)99-83(88)67-60-53-45-38-33-28-24-18-16-15-17-22-26-31-35-42-49-56-63-76(7)9-2/h74-79,84H,8-73H2,1-7H3,(H,89,90)(H,91,92)/t76?,77-,78-,79-/m1/s1. The van der Waals surface area contributed by atoms with E-state index in [4.69, 9.17) is 37.0 Å². The Balaban J connectivity index is 5.20. The Kier molecular flexibility index (Phi) is 71.8. The number of hydrogen-bond acceptors (Lipinski definition) is 15. The van der Waals surface area contributed by atoms with Gasteiger partial charge in [0.2, 0.25) is 0 Å². The van der Waals surface area contributed by atoms with Gasteiger partial charge in [0.05, 0.1) is 26.4 Å². The molecule has 0 aliphatic carbocycles. The zero-order valence-corrected chi connectivity index (χ0v) is 68.9. The average Bonchev–Trinajstić information content (AvgIpc) is 0.915. The molecule has 0 fully saturated rings. The first-order valence-corrected chi connectivity index (χ1v) is 45.9. The van der Waals surface area contributed by atoms with E-state index < -0.39 is 97.5 Å². The highest BCUT2D eigenvalue weighted by molar-refractivity contribution is 7.47. The minimum absolute atomic E-state index is 0.106. The smallest absolute Gasteiger partial charge is 0.462 e. The number of aliphatic hydroxyl groups excluding tert-OH is 1. The fourth-order valence-electron chi connectivity index (χ4n) is 12.8. The number of unbranched alkanes of at least 4 members (excludes halogenated alkanes) is 48. The Morgan fingerprint density at radius 3 is 0.745 bits per heavy atom. The predicted octanol–water partition coefficient (Wildman–Crippen LogP) is 24.9. The van der Waals surface area contributed by atoms with Gasteiger partial charge in [0.15, 0.2) is 12.2 Å². The van der Waals surface area contributed by atoms with Crippen molar-refractivity contribution in [3.63, 3.8) is 0 Å². The normalized spacial score (nSPS) is 14.2. The number of rotatable bonds is 81. The first kappa shape index (κ1) is 100. The molecule has 3 unspecified atom stereocenters. The van der Waals surface area contributed by atoms with Crippen LogP contribution < -0.4 is 0 Å². The van der Waals surface area contributed by atoms with Gasteiger partial charge in [-0.25, -0.2) is 9.13 Å². The lowest BCUT2D eigenvalue weighted by atomic mass is 9.99. The summed E-state index contributed by atoms with van der Waals surface area (Å²) >= 11 is 0. The summed E-state index contributed by atoms with van der Waals surface area (Å²) in [4.78, 5) is 73.0. The van der Waals surface area contributed by atoms with E-state index in [1.807, 2.05) is 0 Å². The fourth-order valence-corrected chi connectivity index (χ4v) is 14.4. The number of esters is 4. The quantitative estimate of drug-likeness (QED) is 0.0222. The second-order valence-electron chi connectivity index (χ2n) is 31.1. The van der Waals surface area contributed by atoms with Gasteiger partial charge in [-0.15, -0.1) is 0 Å². The van der Waals surface area contributed by atoms with E-state index in [1.165, 1.54) is 238 Å². The summed E-state index contributed by atoms with van der Waals surface area (Å²) < 4.78 is 68.7. The molecule has 0 spiro atoms. The van der Waals surface area contributed by atoms with Crippen molar-refractivity contribution >= 4 is 39.5 Å². The van der Waals surface area contributed by atoms with Gasteiger partial charge in [-0.1, -0.05) is 382 Å². The van der Waals surface area contributed by atoms with Crippen LogP contribution in [0.2, 0.25) is 0 Å². The molecule has 3 N–H and O–H groups in total. The molecule has 0 aromatic carbocycles. The van der Waals surface area contributed by atoms with E-state index in [1.54, 1.807) is 0 Å². The molecule has 0 aromatic heterocycles. The molecular weight excluding hydrogens is 1330 g/mol. The van der Waals surface area contributed by atoms with Crippen LogP contribution in [0.4, 0.5) is 0 Å². The summed E-state index contributed by atoms with van der Waals surface area (Å²) in [5.41, 5.74) is 0. The number of carbonyl (C=O) groups excluding carboxylic acids is 4. The fraction of sp³-hybridized carbons (Fsp3) is 0.952. The third kappa shape index (κ3) is 74.9. The monoisotopic (exact) mass is 1490 g/mol. The van der Waals surface area contributed by atoms with Crippen LogP contribution in [0.15, 0.2) is 0 Å². The van der Waals surface area contributed by atoms with Gasteiger partial charge in [0, 0.05) is 25.7 Å². The third-order valence-corrected chi connectivity index (χ3v) is 21.6. The van der Waals surface area contributed by atoms with Crippen LogP contribution >= 0.6 is 15.6 Å². The number of hydrogen-bond donors (Lipinski definition) is 3. The Morgan fingerprint density at radius 2 is 0.500 bits per heavy atom. The topological polar surface area (TPSA) is 237 Å². The molecule has 17 nitrogen and oxygen atoms in total. The Bertz CT molecular complexity index is 1980. The lowest BCUT2D eigenvalue weighted by Gasteiger charge is -2.21. The van der Waals surface area contributed by atoms with Crippen molar-refractivity contribution in [2.75, 3.05) is 39.6 Å². The van der Waals surface area contributed by atoms with Crippen LogP contribution in [-0.2, 0) is 65.4 Å². The zero-order valence-electron chi connectivity index (χ0n) is 67.1. The molecule has 0 aromatic rings. The zero-order chi connectivity index (χ0) is 75.1. The van der Waals surface area contributed by atoms with Crippen LogP contribution in [0.3, 0.4) is 0 Å². The first-order valence-electron chi connectivity index (χ1n) is 42.9. The van der Waals surface area contributed by atoms with Crippen LogP contribution in [0.25, 0.3) is 0 Å². The van der Waals surface area contributed by atoms with Crippen molar-refractivity contribution in [3.05, 3.63) is 0 Å². The maximum atomic E-state index is 13.1. The van der Waals surface area contributed by atoms with Crippen molar-refractivity contribution in [2.24, 2.45) is 17.8 Å². The highest BCUT2D eigenvalue weighted by Crippen LogP contribution is 2.45. The molecule has 0 amide bonds. The number of carbonyl (C=O) groups is 4. The van der Waals surface area contributed by atoms with Crippen molar-refractivity contribution in [1.29, 1.82) is 0 Å². The van der Waals surface area contributed by atoms with Crippen molar-refractivity contribution < 1.29 is 80.2 Å². The summed E-state index contributed by atoms with van der Waals surface area (Å²) in [6.45, 7) is 12.0. The van der Waals surface area contributed by atoms with Crippen LogP contribution in [0, 0.1) is 17.8 Å². The van der Waals surface area contributed by atoms with E-state index in [-0.39, 0.29) is 25.7 Å². The SMILES string of the molecule is CCCCCCCCCCCCCC(=O)O[C@H](COC(=O)CCCCCCCCCC(C)C)COP(=O)(O)OC[C@H](O)COP(=O)(O)OC[C@@H](COC(=O)CCCCCCCCCCCCCCCCCCC(C)C)OC(=O)CCCCCCCCCCCCCCCCCCCCC(C)CC. The van der Waals surface area contributed by atoms with E-state index in [9.17, 15) is 43.2 Å². The predicted molar refractivity (Wildman–Crippen MR) is 418 cm³/mol. The number of aliphatic hydroxyl groups is 1. The molecule has 0 radical (unpaired) electrons. The third-order valence-electron chi connectivity index (χ3n) is 19.7. The summed E-state index contributed by atoms with van der Waals surface area (Å²) in [6, 6.07) is 0. The number of ether oxygens (including phenoxy) is 4. The van der Waals surface area contributed by atoms with Crippen molar-refractivity contribution in [1.82, 2.24) is 0 Å². The maximum absolute atomic E-state index is 13.1. The molecule has 102 heavy (non-hydrogen) atoms. The molecule has 0 aliphatic heterocycles. The number of phosphoric acid groups is 2. The Morgan fingerprint density at radius 1 is 0.284 bits per heavy atom. The molecule has 0 aliphatic rings. The largest absolute Gasteiger partial charge is 0.472 e.